The number of rotatable bonds is 6. The van der Waals surface area contributed by atoms with Crippen LogP contribution in [0.4, 0.5) is 0 Å². The van der Waals surface area contributed by atoms with Gasteiger partial charge in [-0.2, -0.15) is 0 Å². The molecule has 3 heterocycles. The highest BCUT2D eigenvalue weighted by atomic mass is 32.1. The fourth-order valence-corrected chi connectivity index (χ4v) is 7.79. The number of fused-ring (bicyclic) bond motifs is 6. The second-order valence-electron chi connectivity index (χ2n) is 12.2. The molecule has 0 bridgehead atoms. The van der Waals surface area contributed by atoms with Gasteiger partial charge in [0.15, 0.2) is 5.82 Å². The molecular weight excluding hydrogens is 633 g/mol. The van der Waals surface area contributed by atoms with E-state index in [0.717, 1.165) is 75.6 Å². The van der Waals surface area contributed by atoms with E-state index < -0.39 is 0 Å². The minimum Gasteiger partial charge on any atom is -0.455 e. The van der Waals surface area contributed by atoms with Crippen molar-refractivity contribution < 1.29 is 4.42 Å². The molecule has 6 heteroatoms. The lowest BCUT2D eigenvalue weighted by molar-refractivity contribution is 0.670. The number of nitrogens with zero attached hydrogens (tertiary/aromatic N) is 2. The molecule has 0 saturated heterocycles. The molecule has 0 amide bonds. The van der Waals surface area contributed by atoms with Gasteiger partial charge in [-0.3, -0.25) is 0 Å². The van der Waals surface area contributed by atoms with E-state index >= 15 is 0 Å². The topological polar surface area (TPSA) is 91.0 Å². The third kappa shape index (κ3) is 5.10. The van der Waals surface area contributed by atoms with Crippen LogP contribution in [0.5, 0.6) is 0 Å². The van der Waals surface area contributed by atoms with Crippen molar-refractivity contribution in [1.82, 2.24) is 9.97 Å². The van der Waals surface area contributed by atoms with Crippen molar-refractivity contribution in [3.63, 3.8) is 0 Å². The summed E-state index contributed by atoms with van der Waals surface area (Å²) in [5, 5.41) is 3.02. The number of thiophene rings is 1. The molecule has 9 aromatic rings. The zero-order valence-corrected chi connectivity index (χ0v) is 27.7. The smallest absolute Gasteiger partial charge is 0.161 e. The van der Waals surface area contributed by atoms with Crippen molar-refractivity contribution in [2.45, 2.75) is 0 Å². The highest BCUT2D eigenvalue weighted by molar-refractivity contribution is 7.26. The fraction of sp³-hybridized carbons (Fsp3) is 0. The van der Waals surface area contributed by atoms with Crippen molar-refractivity contribution >= 4 is 65.0 Å². The van der Waals surface area contributed by atoms with Crippen LogP contribution in [0.15, 0.2) is 162 Å². The number of hydrogen-bond donors (Lipinski definition) is 2. The molecule has 0 aliphatic carbocycles. The van der Waals surface area contributed by atoms with Gasteiger partial charge in [0.05, 0.1) is 15.9 Å². The molecule has 0 saturated carbocycles. The Morgan fingerprint density at radius 2 is 1.26 bits per heavy atom. The van der Waals surface area contributed by atoms with Crippen LogP contribution < -0.4 is 11.5 Å². The molecule has 0 unspecified atom stereocenters. The Bertz CT molecular complexity index is 2760. The SMILES string of the molecule is N/C(=C\C=C(/N)c1nc(-c2cccc3oc4c(-c5ccccc5)cc(-c5ccccc5)cc4c23)nc2c1sc1ccccc12)c1ccccc1. The normalized spacial score (nSPS) is 12.4. The summed E-state index contributed by atoms with van der Waals surface area (Å²) in [6.07, 6.45) is 3.68. The minimum atomic E-state index is 0.506. The maximum atomic E-state index is 6.87. The predicted molar refractivity (Wildman–Crippen MR) is 209 cm³/mol. The van der Waals surface area contributed by atoms with Crippen LogP contribution in [0, 0.1) is 0 Å². The van der Waals surface area contributed by atoms with Crippen molar-refractivity contribution in [2.24, 2.45) is 11.5 Å². The molecule has 5 nitrogen and oxygen atoms in total. The van der Waals surface area contributed by atoms with Crippen LogP contribution in [-0.4, -0.2) is 9.97 Å². The minimum absolute atomic E-state index is 0.506. The molecule has 238 valence electrons. The number of benzene rings is 6. The number of nitrogens with two attached hydrogens (primary N) is 2. The van der Waals surface area contributed by atoms with Crippen LogP contribution in [0.25, 0.3) is 87.3 Å². The van der Waals surface area contributed by atoms with Crippen molar-refractivity contribution in [3.8, 4) is 33.6 Å². The van der Waals surface area contributed by atoms with E-state index in [1.807, 2.05) is 78.9 Å². The zero-order chi connectivity index (χ0) is 33.6. The summed E-state index contributed by atoms with van der Waals surface area (Å²) >= 11 is 1.64. The Morgan fingerprint density at radius 3 is 2.04 bits per heavy atom. The van der Waals surface area contributed by atoms with Crippen LogP contribution in [0.2, 0.25) is 0 Å². The van der Waals surface area contributed by atoms with Gasteiger partial charge in [-0.05, 0) is 58.7 Å². The first-order chi connectivity index (χ1) is 24.6. The molecule has 0 aliphatic rings. The van der Waals surface area contributed by atoms with E-state index in [1.54, 1.807) is 11.3 Å². The molecule has 6 aromatic carbocycles. The largest absolute Gasteiger partial charge is 0.455 e. The van der Waals surface area contributed by atoms with Gasteiger partial charge in [0, 0.05) is 37.7 Å². The standard InChI is InChI=1S/C44H30N4OS/c45-35(29-17-8-3-9-18-29)23-24-36(46)41-43-40(31-19-10-11-22-38(31)50-43)47-44(48-41)32-20-12-21-37-39(32)34-26-30(27-13-4-1-5-14-27)25-33(42(34)49-37)28-15-6-2-7-16-28/h1-26H,45-46H2/b35-23-,36-24-. The number of allylic oxidation sites excluding steroid dienone is 2. The van der Waals surface area contributed by atoms with Crippen LogP contribution in [-0.2, 0) is 0 Å². The highest BCUT2D eigenvalue weighted by Gasteiger charge is 2.22. The van der Waals surface area contributed by atoms with Crippen molar-refractivity contribution in [2.75, 3.05) is 0 Å². The van der Waals surface area contributed by atoms with Crippen molar-refractivity contribution in [1.29, 1.82) is 0 Å². The lowest BCUT2D eigenvalue weighted by atomic mass is 9.95. The van der Waals surface area contributed by atoms with Gasteiger partial charge >= 0.3 is 0 Å². The first kappa shape index (κ1) is 29.6. The quantitative estimate of drug-likeness (QED) is 0.173. The Kier molecular flexibility index (Phi) is 7.22. The Balaban J connectivity index is 1.31. The fourth-order valence-electron chi connectivity index (χ4n) is 6.64. The molecule has 3 aromatic heterocycles. The molecule has 0 spiro atoms. The number of furan rings is 1. The first-order valence-corrected chi connectivity index (χ1v) is 17.2. The maximum absolute atomic E-state index is 6.87. The molecule has 50 heavy (non-hydrogen) atoms. The van der Waals surface area contributed by atoms with Gasteiger partial charge in [0.25, 0.3) is 0 Å². The molecule has 0 aliphatic heterocycles. The molecular formula is C44H30N4OS. The average molecular weight is 663 g/mol. The Hall–Kier alpha value is -6.50. The lowest BCUT2D eigenvalue weighted by Gasteiger charge is -2.10. The van der Waals surface area contributed by atoms with Gasteiger partial charge in [-0.25, -0.2) is 9.97 Å². The summed E-state index contributed by atoms with van der Waals surface area (Å²) in [6, 6.07) is 49.5. The predicted octanol–water partition coefficient (Wildman–Crippen LogP) is 11.0. The van der Waals surface area contributed by atoms with Crippen LogP contribution >= 0.6 is 11.3 Å². The monoisotopic (exact) mass is 662 g/mol. The Morgan fingerprint density at radius 1 is 0.580 bits per heavy atom. The third-order valence-corrected chi connectivity index (χ3v) is 10.2. The summed E-state index contributed by atoms with van der Waals surface area (Å²) in [5.74, 6) is 0.576. The summed E-state index contributed by atoms with van der Waals surface area (Å²) in [5.41, 5.74) is 23.7. The zero-order valence-electron chi connectivity index (χ0n) is 26.9. The van der Waals surface area contributed by atoms with E-state index in [-0.39, 0.29) is 0 Å². The molecule has 0 fully saturated rings. The lowest BCUT2D eigenvalue weighted by Crippen LogP contribution is -2.03. The van der Waals surface area contributed by atoms with Gasteiger partial charge in [-0.1, -0.05) is 121 Å². The van der Waals surface area contributed by atoms with Gasteiger partial charge in [0.1, 0.15) is 16.9 Å². The first-order valence-electron chi connectivity index (χ1n) is 16.4. The van der Waals surface area contributed by atoms with E-state index in [2.05, 4.69) is 78.9 Å². The van der Waals surface area contributed by atoms with Crippen LogP contribution in [0.3, 0.4) is 0 Å². The molecule has 0 radical (unpaired) electrons. The van der Waals surface area contributed by atoms with E-state index in [9.17, 15) is 0 Å². The number of aromatic nitrogens is 2. The third-order valence-electron chi connectivity index (χ3n) is 9.07. The van der Waals surface area contributed by atoms with Crippen molar-refractivity contribution in [3.05, 3.63) is 169 Å². The van der Waals surface area contributed by atoms with E-state index in [4.69, 9.17) is 25.9 Å². The van der Waals surface area contributed by atoms with Gasteiger partial charge < -0.3 is 15.9 Å². The van der Waals surface area contributed by atoms with Gasteiger partial charge in [0.2, 0.25) is 0 Å². The summed E-state index contributed by atoms with van der Waals surface area (Å²) < 4.78 is 8.75. The highest BCUT2D eigenvalue weighted by Crippen LogP contribution is 2.44. The second-order valence-corrected chi connectivity index (χ2v) is 13.2. The Labute approximate surface area is 292 Å². The maximum Gasteiger partial charge on any atom is 0.161 e. The molecule has 9 rings (SSSR count). The van der Waals surface area contributed by atoms with E-state index in [0.29, 0.717) is 22.9 Å². The molecule has 0 atom stereocenters. The number of hydrogen-bond acceptors (Lipinski definition) is 6. The van der Waals surface area contributed by atoms with Crippen LogP contribution in [0.1, 0.15) is 11.3 Å². The average Bonchev–Trinajstić information content (AvgIpc) is 3.76. The summed E-state index contributed by atoms with van der Waals surface area (Å²) in [7, 11) is 0. The summed E-state index contributed by atoms with van der Waals surface area (Å²) in [4.78, 5) is 10.5. The van der Waals surface area contributed by atoms with E-state index in [1.165, 1.54) is 0 Å². The van der Waals surface area contributed by atoms with Gasteiger partial charge in [-0.15, -0.1) is 11.3 Å². The second kappa shape index (κ2) is 12.2. The summed E-state index contributed by atoms with van der Waals surface area (Å²) in [6.45, 7) is 0. The molecule has 4 N–H and O–H groups in total.